The summed E-state index contributed by atoms with van der Waals surface area (Å²) in [6, 6.07) is 0. The van der Waals surface area contributed by atoms with Crippen molar-refractivity contribution in [2.75, 3.05) is 0 Å². The van der Waals surface area contributed by atoms with E-state index in [2.05, 4.69) is 0 Å². The minimum absolute atomic E-state index is 0. The number of rotatable bonds is 0. The molecule has 0 N–H and O–H groups in total. The van der Waals surface area contributed by atoms with Crippen LogP contribution in [-0.2, 0) is 25.8 Å². The number of hydrogen-bond acceptors (Lipinski definition) is 0. The minimum atomic E-state index is 0. The van der Waals surface area contributed by atoms with E-state index in [9.17, 15) is 0 Å². The molecule has 0 spiro atoms. The van der Waals surface area contributed by atoms with Gasteiger partial charge in [-0.15, -0.1) is 0 Å². The predicted molar refractivity (Wildman–Crippen MR) is 12.8 cm³/mol. The van der Waals surface area contributed by atoms with E-state index in [1.165, 1.54) is 0 Å². The Balaban J connectivity index is 0. The second-order valence-corrected chi connectivity index (χ2v) is 0. The minimum Gasteiger partial charge on any atom is -1.00 e. The zero-order valence-electron chi connectivity index (χ0n) is 3.26. The molecule has 3 heteroatoms. The Labute approximate surface area is 65.3 Å². The Morgan fingerprint density at radius 2 is 0.600 bits per heavy atom. The topological polar surface area (TPSA) is 0 Å². The molecule has 0 amide bonds. The fourth-order valence-corrected chi connectivity index (χ4v) is 0. The summed E-state index contributed by atoms with van der Waals surface area (Å²) in [5.74, 6) is 0. The summed E-state index contributed by atoms with van der Waals surface area (Å²) in [5, 5.41) is 0. The molecule has 0 aliphatic carbocycles. The zero-order chi connectivity index (χ0) is 0. The molecule has 0 aromatic rings. The molecule has 0 rings (SSSR count). The molecule has 0 aliphatic rings. The van der Waals surface area contributed by atoms with Crippen molar-refractivity contribution in [2.45, 2.75) is 0 Å². The van der Waals surface area contributed by atoms with E-state index in [1.807, 2.05) is 0 Å². The van der Waals surface area contributed by atoms with Crippen molar-refractivity contribution < 1.29 is 50.7 Å². The first-order valence-electron chi connectivity index (χ1n) is 0. The predicted octanol–water partition coefficient (Wildman–Crippen LogP) is -5.09. The van der Waals surface area contributed by atoms with Crippen LogP contribution in [0.15, 0.2) is 0 Å². The van der Waals surface area contributed by atoms with Gasteiger partial charge in [-0.25, -0.2) is 0 Å². The van der Waals surface area contributed by atoms with Gasteiger partial charge in [-0.2, -0.15) is 0 Å². The Bertz CT molecular complexity index is 7.61. The van der Waals surface area contributed by atoms with Crippen LogP contribution in [0.2, 0.25) is 0 Å². The summed E-state index contributed by atoms with van der Waals surface area (Å²) < 4.78 is 0. The van der Waals surface area contributed by atoms with Crippen molar-refractivity contribution in [3.63, 3.8) is 0 Å². The molecule has 0 saturated heterocycles. The molecule has 32 valence electrons. The van der Waals surface area contributed by atoms with E-state index in [-0.39, 0.29) is 65.5 Å². The second kappa shape index (κ2) is 51.3. The van der Waals surface area contributed by atoms with Crippen molar-refractivity contribution in [1.29, 1.82) is 0 Å². The number of hydrogen-bond donors (Lipinski definition) is 0. The molecule has 0 heterocycles. The molecule has 0 aliphatic heterocycles. The van der Waals surface area contributed by atoms with Crippen LogP contribution in [-0.4, -0.2) is 0 Å². The molecule has 0 aromatic heterocycles. The normalized spacial score (nSPS) is 0. The standard InChI is InChI=1S/2CH3.2ClH.Hf/h2*1H3;2*1H;/q2*-1;;;+4/p-2. The molecule has 0 unspecified atom stereocenters. The van der Waals surface area contributed by atoms with Gasteiger partial charge in [-0.3, -0.25) is 0 Å². The monoisotopic (exact) mass is 280 g/mol. The summed E-state index contributed by atoms with van der Waals surface area (Å²) in [4.78, 5) is 0. The van der Waals surface area contributed by atoms with Crippen LogP contribution in [0.1, 0.15) is 0 Å². The largest absolute Gasteiger partial charge is 4.00 e. The molecule has 0 radical (unpaired) electrons. The Hall–Kier alpha value is 1.45. The smallest absolute Gasteiger partial charge is 1.00 e. The third kappa shape index (κ3) is 30.9. The van der Waals surface area contributed by atoms with Crippen LogP contribution in [0, 0.1) is 14.9 Å². The summed E-state index contributed by atoms with van der Waals surface area (Å²) in [6.07, 6.45) is 0. The van der Waals surface area contributed by atoms with Gasteiger partial charge in [0.2, 0.25) is 0 Å². The fourth-order valence-electron chi connectivity index (χ4n) is 0. The van der Waals surface area contributed by atoms with Crippen LogP contribution >= 0.6 is 0 Å². The molecule has 0 bridgehead atoms. The first kappa shape index (κ1) is 91.1. The van der Waals surface area contributed by atoms with Gasteiger partial charge in [0, 0.05) is 0 Å². The van der Waals surface area contributed by atoms with E-state index in [1.54, 1.807) is 0 Å². The SMILES string of the molecule is [CH3-].[CH3-].[Cl-].[Cl-].[Hf+4]. The van der Waals surface area contributed by atoms with Gasteiger partial charge in [-0.1, -0.05) is 0 Å². The quantitative estimate of drug-likeness (QED) is 0.307. The van der Waals surface area contributed by atoms with Crippen molar-refractivity contribution in [3.8, 4) is 0 Å². The van der Waals surface area contributed by atoms with E-state index in [0.29, 0.717) is 0 Å². The van der Waals surface area contributed by atoms with Crippen LogP contribution in [0.4, 0.5) is 0 Å². The Kier molecular flexibility index (Phi) is 935. The molecule has 5 heavy (non-hydrogen) atoms. The Morgan fingerprint density at radius 1 is 0.600 bits per heavy atom. The maximum Gasteiger partial charge on any atom is 4.00 e. The maximum absolute atomic E-state index is 0. The Morgan fingerprint density at radius 3 is 0.600 bits per heavy atom. The van der Waals surface area contributed by atoms with Crippen molar-refractivity contribution >= 4 is 0 Å². The van der Waals surface area contributed by atoms with E-state index in [0.717, 1.165) is 0 Å². The molecule has 0 saturated carbocycles. The zero-order valence-corrected chi connectivity index (χ0v) is 8.36. The van der Waals surface area contributed by atoms with E-state index < -0.39 is 0 Å². The molecular weight excluding hydrogens is 273 g/mol. The van der Waals surface area contributed by atoms with Gasteiger partial charge in [0.15, 0.2) is 0 Å². The third-order valence-electron chi connectivity index (χ3n) is 0. The number of halogens is 2. The maximum atomic E-state index is 0. The van der Waals surface area contributed by atoms with Gasteiger partial charge < -0.3 is 39.7 Å². The molecule has 0 atom stereocenters. The second-order valence-electron chi connectivity index (χ2n) is 0. The van der Waals surface area contributed by atoms with Gasteiger partial charge >= 0.3 is 25.8 Å². The van der Waals surface area contributed by atoms with Crippen molar-refractivity contribution in [3.05, 3.63) is 14.9 Å². The van der Waals surface area contributed by atoms with E-state index >= 15 is 0 Å². The summed E-state index contributed by atoms with van der Waals surface area (Å²) in [7, 11) is 0. The molecule has 0 nitrogen and oxygen atoms in total. The third-order valence-corrected chi connectivity index (χ3v) is 0. The van der Waals surface area contributed by atoms with Crippen molar-refractivity contribution in [1.82, 2.24) is 0 Å². The van der Waals surface area contributed by atoms with Crippen molar-refractivity contribution in [2.24, 2.45) is 0 Å². The summed E-state index contributed by atoms with van der Waals surface area (Å²) in [6.45, 7) is 0. The molecule has 0 fully saturated rings. The van der Waals surface area contributed by atoms with Crippen LogP contribution in [0.3, 0.4) is 0 Å². The fraction of sp³-hybridized carbons (Fsp3) is 0. The van der Waals surface area contributed by atoms with Gasteiger partial charge in [0.05, 0.1) is 0 Å². The van der Waals surface area contributed by atoms with Crippen LogP contribution < -0.4 is 24.8 Å². The van der Waals surface area contributed by atoms with E-state index in [4.69, 9.17) is 0 Å². The molecule has 0 aromatic carbocycles. The van der Waals surface area contributed by atoms with Crippen LogP contribution in [0.5, 0.6) is 0 Å². The summed E-state index contributed by atoms with van der Waals surface area (Å²) in [5.41, 5.74) is 0. The van der Waals surface area contributed by atoms with Crippen LogP contribution in [0.25, 0.3) is 0 Å². The average Bonchev–Trinajstić information content (AvgIpc) is 0. The first-order valence-corrected chi connectivity index (χ1v) is 0. The first-order chi connectivity index (χ1) is 0. The van der Waals surface area contributed by atoms with Gasteiger partial charge in [0.1, 0.15) is 0 Å². The van der Waals surface area contributed by atoms with Gasteiger partial charge in [0.25, 0.3) is 0 Å². The summed E-state index contributed by atoms with van der Waals surface area (Å²) >= 11 is 0. The van der Waals surface area contributed by atoms with Gasteiger partial charge in [-0.05, 0) is 0 Å². The average molecular weight is 279 g/mol. The molecular formula is C2H6Cl2Hf.